The Bertz CT molecular complexity index is 550. The number of rotatable bonds is 3. The largest absolute Gasteiger partial charge is 0.488 e. The van der Waals surface area contributed by atoms with Gasteiger partial charge in [-0.15, -0.1) is 0 Å². The molecule has 0 aliphatic rings. The number of para-hydroxylation sites is 1. The highest BCUT2D eigenvalue weighted by molar-refractivity contribution is 5.46. The molecule has 0 aliphatic heterocycles. The van der Waals surface area contributed by atoms with Crippen LogP contribution in [0, 0.1) is 11.8 Å². The van der Waals surface area contributed by atoms with Gasteiger partial charge in [-0.2, -0.15) is 0 Å². The van der Waals surface area contributed by atoms with Crippen LogP contribution in [0.3, 0.4) is 0 Å². The molecule has 0 heterocycles. The van der Waals surface area contributed by atoms with Crippen molar-refractivity contribution in [3.8, 4) is 17.6 Å². The van der Waals surface area contributed by atoms with Crippen LogP contribution in [0.4, 0.5) is 0 Å². The van der Waals surface area contributed by atoms with Crippen molar-refractivity contribution in [2.45, 2.75) is 6.61 Å². The van der Waals surface area contributed by atoms with Gasteiger partial charge in [0.25, 0.3) is 0 Å². The second-order valence-corrected chi connectivity index (χ2v) is 3.73. The Kier molecular flexibility index (Phi) is 4.40. The molecule has 0 aliphatic carbocycles. The summed E-state index contributed by atoms with van der Waals surface area (Å²) in [6, 6.07) is 17.5. The van der Waals surface area contributed by atoms with E-state index in [4.69, 9.17) is 9.84 Å². The van der Waals surface area contributed by atoms with Gasteiger partial charge < -0.3 is 9.84 Å². The first-order chi connectivity index (χ1) is 8.90. The molecule has 2 aromatic rings. The first kappa shape index (κ1) is 12.2. The van der Waals surface area contributed by atoms with Gasteiger partial charge in [0, 0.05) is 0 Å². The molecule has 0 amide bonds. The first-order valence-corrected chi connectivity index (χ1v) is 5.75. The Morgan fingerprint density at radius 2 is 1.67 bits per heavy atom. The van der Waals surface area contributed by atoms with E-state index in [2.05, 4.69) is 11.8 Å². The topological polar surface area (TPSA) is 29.5 Å². The lowest BCUT2D eigenvalue weighted by Gasteiger charge is -2.07. The molecule has 18 heavy (non-hydrogen) atoms. The van der Waals surface area contributed by atoms with Crippen molar-refractivity contribution in [3.63, 3.8) is 0 Å². The zero-order valence-corrected chi connectivity index (χ0v) is 9.97. The Morgan fingerprint density at radius 3 is 2.44 bits per heavy atom. The van der Waals surface area contributed by atoms with Crippen LogP contribution in [-0.2, 0) is 6.61 Å². The number of benzene rings is 2. The Labute approximate surface area is 107 Å². The molecular formula is C16H14O2. The van der Waals surface area contributed by atoms with Crippen molar-refractivity contribution in [2.75, 3.05) is 6.61 Å². The molecule has 0 fully saturated rings. The Balaban J connectivity index is 2.09. The average molecular weight is 238 g/mol. The lowest BCUT2D eigenvalue weighted by molar-refractivity contribution is 0.305. The summed E-state index contributed by atoms with van der Waals surface area (Å²) in [5.41, 5.74) is 1.91. The van der Waals surface area contributed by atoms with E-state index in [1.165, 1.54) is 0 Å². The zero-order valence-electron chi connectivity index (χ0n) is 9.97. The van der Waals surface area contributed by atoms with E-state index in [1.54, 1.807) is 0 Å². The van der Waals surface area contributed by atoms with Gasteiger partial charge in [0.1, 0.15) is 19.0 Å². The molecular weight excluding hydrogens is 224 g/mol. The van der Waals surface area contributed by atoms with Gasteiger partial charge in [-0.1, -0.05) is 54.3 Å². The van der Waals surface area contributed by atoms with E-state index >= 15 is 0 Å². The van der Waals surface area contributed by atoms with Crippen LogP contribution in [0.25, 0.3) is 0 Å². The fourth-order valence-corrected chi connectivity index (χ4v) is 1.57. The minimum Gasteiger partial charge on any atom is -0.488 e. The van der Waals surface area contributed by atoms with Crippen molar-refractivity contribution in [1.82, 2.24) is 0 Å². The standard InChI is InChI=1S/C16H14O2/c17-12-6-10-15-9-4-5-11-16(15)18-13-14-7-2-1-3-8-14/h1-5,7-9,11,17H,12-13H2. The third-order valence-corrected chi connectivity index (χ3v) is 2.43. The number of ether oxygens (including phenoxy) is 1. The predicted molar refractivity (Wildman–Crippen MR) is 71.2 cm³/mol. The van der Waals surface area contributed by atoms with Crippen LogP contribution in [0.15, 0.2) is 54.6 Å². The number of aliphatic hydroxyl groups excluding tert-OH is 1. The maximum atomic E-state index is 8.71. The highest BCUT2D eigenvalue weighted by Gasteiger charge is 2.00. The first-order valence-electron chi connectivity index (χ1n) is 5.75. The molecule has 90 valence electrons. The van der Waals surface area contributed by atoms with Gasteiger partial charge in [0.05, 0.1) is 5.56 Å². The number of hydrogen-bond donors (Lipinski definition) is 1. The summed E-state index contributed by atoms with van der Waals surface area (Å²) in [6.45, 7) is 0.367. The smallest absolute Gasteiger partial charge is 0.135 e. The molecule has 2 nitrogen and oxygen atoms in total. The molecule has 0 unspecified atom stereocenters. The van der Waals surface area contributed by atoms with E-state index in [1.807, 2.05) is 54.6 Å². The van der Waals surface area contributed by atoms with Gasteiger partial charge >= 0.3 is 0 Å². The summed E-state index contributed by atoms with van der Waals surface area (Å²) in [7, 11) is 0. The van der Waals surface area contributed by atoms with E-state index < -0.39 is 0 Å². The molecule has 0 atom stereocenters. The van der Waals surface area contributed by atoms with E-state index in [0.717, 1.165) is 16.9 Å². The van der Waals surface area contributed by atoms with Crippen LogP contribution < -0.4 is 4.74 Å². The normalized spacial score (nSPS) is 9.39. The van der Waals surface area contributed by atoms with E-state index in [9.17, 15) is 0 Å². The summed E-state index contributed by atoms with van der Waals surface area (Å²) in [6.07, 6.45) is 0. The minimum atomic E-state index is -0.146. The zero-order chi connectivity index (χ0) is 12.6. The lowest BCUT2D eigenvalue weighted by atomic mass is 10.2. The summed E-state index contributed by atoms with van der Waals surface area (Å²) in [4.78, 5) is 0. The lowest BCUT2D eigenvalue weighted by Crippen LogP contribution is -1.96. The fourth-order valence-electron chi connectivity index (χ4n) is 1.57. The monoisotopic (exact) mass is 238 g/mol. The second kappa shape index (κ2) is 6.48. The van der Waals surface area contributed by atoms with Crippen LogP contribution >= 0.6 is 0 Å². The van der Waals surface area contributed by atoms with Crippen molar-refractivity contribution < 1.29 is 9.84 Å². The molecule has 0 radical (unpaired) electrons. The Morgan fingerprint density at radius 1 is 0.944 bits per heavy atom. The van der Waals surface area contributed by atoms with Crippen LogP contribution in [0.5, 0.6) is 5.75 Å². The van der Waals surface area contributed by atoms with Gasteiger partial charge in [0.2, 0.25) is 0 Å². The van der Waals surface area contributed by atoms with Gasteiger partial charge in [-0.05, 0) is 17.7 Å². The molecule has 0 aromatic heterocycles. The van der Waals surface area contributed by atoms with Crippen LogP contribution in [-0.4, -0.2) is 11.7 Å². The maximum Gasteiger partial charge on any atom is 0.135 e. The Hall–Kier alpha value is -2.24. The summed E-state index contributed by atoms with van der Waals surface area (Å²) < 4.78 is 5.74. The van der Waals surface area contributed by atoms with Crippen molar-refractivity contribution in [2.24, 2.45) is 0 Å². The average Bonchev–Trinajstić information content (AvgIpc) is 2.45. The van der Waals surface area contributed by atoms with Crippen molar-refractivity contribution in [3.05, 3.63) is 65.7 Å². The van der Waals surface area contributed by atoms with Gasteiger partial charge in [0.15, 0.2) is 0 Å². The third-order valence-electron chi connectivity index (χ3n) is 2.43. The van der Waals surface area contributed by atoms with Crippen molar-refractivity contribution in [1.29, 1.82) is 0 Å². The van der Waals surface area contributed by atoms with Crippen LogP contribution in [0.2, 0.25) is 0 Å². The van der Waals surface area contributed by atoms with Gasteiger partial charge in [-0.25, -0.2) is 0 Å². The van der Waals surface area contributed by atoms with E-state index in [0.29, 0.717) is 6.61 Å². The second-order valence-electron chi connectivity index (χ2n) is 3.73. The van der Waals surface area contributed by atoms with Crippen molar-refractivity contribution >= 4 is 0 Å². The highest BCUT2D eigenvalue weighted by atomic mass is 16.5. The summed E-state index contributed by atoms with van der Waals surface area (Å²) in [5, 5.41) is 8.71. The summed E-state index contributed by atoms with van der Waals surface area (Å²) in [5.74, 6) is 6.24. The number of hydrogen-bond acceptors (Lipinski definition) is 2. The molecule has 0 bridgehead atoms. The molecule has 0 saturated carbocycles. The molecule has 1 N–H and O–H groups in total. The minimum absolute atomic E-state index is 0.146. The number of aliphatic hydroxyl groups is 1. The van der Waals surface area contributed by atoms with Gasteiger partial charge in [-0.3, -0.25) is 0 Å². The molecule has 2 rings (SSSR count). The van der Waals surface area contributed by atoms with E-state index in [-0.39, 0.29) is 6.61 Å². The quantitative estimate of drug-likeness (QED) is 0.833. The third kappa shape index (κ3) is 3.38. The van der Waals surface area contributed by atoms with Crippen LogP contribution in [0.1, 0.15) is 11.1 Å². The molecule has 2 heteroatoms. The molecule has 0 saturated heterocycles. The SMILES string of the molecule is OCC#Cc1ccccc1OCc1ccccc1. The fraction of sp³-hybridized carbons (Fsp3) is 0.125. The predicted octanol–water partition coefficient (Wildman–Crippen LogP) is 2.61. The maximum absolute atomic E-state index is 8.71. The summed E-state index contributed by atoms with van der Waals surface area (Å²) >= 11 is 0. The molecule has 0 spiro atoms. The highest BCUT2D eigenvalue weighted by Crippen LogP contribution is 2.18. The molecule has 2 aromatic carbocycles.